The Labute approximate surface area is 200 Å². The first-order valence-corrected chi connectivity index (χ1v) is 14.5. The second-order valence-electron chi connectivity index (χ2n) is 11.8. The quantitative estimate of drug-likeness (QED) is 0.558. The first-order chi connectivity index (χ1) is 16.2. The Kier molecular flexibility index (Phi) is 5.58. The number of benzene rings is 1. The van der Waals surface area contributed by atoms with Crippen LogP contribution in [-0.4, -0.2) is 55.2 Å². The maximum absolute atomic E-state index is 15.1. The number of rotatable bonds is 8. The summed E-state index contributed by atoms with van der Waals surface area (Å²) in [7, 11) is -3.90. The van der Waals surface area contributed by atoms with E-state index in [4.69, 9.17) is 4.74 Å². The lowest BCUT2D eigenvalue weighted by Gasteiger charge is -2.56. The maximum Gasteiger partial charge on any atom is 0.221 e. The Morgan fingerprint density at radius 3 is 2.29 bits per heavy atom. The highest BCUT2D eigenvalue weighted by Gasteiger charge is 2.51. The van der Waals surface area contributed by atoms with Gasteiger partial charge in [-0.05, 0) is 93.1 Å². The number of sulfonamides is 1. The van der Waals surface area contributed by atoms with E-state index in [1.54, 1.807) is 6.07 Å². The molecule has 6 nitrogen and oxygen atoms in total. The molecular formula is C26H34FNO5S. The number of carbonyl (C=O) groups excluding carboxylic acids is 1. The zero-order valence-electron chi connectivity index (χ0n) is 19.5. The summed E-state index contributed by atoms with van der Waals surface area (Å²) in [5.41, 5.74) is 0.866. The van der Waals surface area contributed by atoms with Gasteiger partial charge in [0, 0.05) is 24.6 Å². The number of carbonyl (C=O) groups is 1. The summed E-state index contributed by atoms with van der Waals surface area (Å²) in [6.45, 7) is 0.779. The van der Waals surface area contributed by atoms with Gasteiger partial charge in [-0.1, -0.05) is 0 Å². The number of aliphatic hydroxyl groups excluding tert-OH is 1. The van der Waals surface area contributed by atoms with Gasteiger partial charge in [-0.2, -0.15) is 4.31 Å². The summed E-state index contributed by atoms with van der Waals surface area (Å²) in [5.74, 6) is 0.963. The van der Waals surface area contributed by atoms with Crippen molar-refractivity contribution in [2.75, 3.05) is 25.4 Å². The minimum absolute atomic E-state index is 0.0114. The van der Waals surface area contributed by atoms with Gasteiger partial charge in [0.25, 0.3) is 0 Å². The molecule has 1 N–H and O–H groups in total. The van der Waals surface area contributed by atoms with Crippen molar-refractivity contribution < 1.29 is 27.4 Å². The molecule has 1 heterocycles. The molecule has 4 bridgehead atoms. The Hall–Kier alpha value is -1.51. The number of ketones is 1. The molecule has 6 fully saturated rings. The summed E-state index contributed by atoms with van der Waals surface area (Å²) in [6, 6.07) is 2.85. The Balaban J connectivity index is 1.20. The Morgan fingerprint density at radius 1 is 1.09 bits per heavy atom. The van der Waals surface area contributed by atoms with E-state index in [9.17, 15) is 18.3 Å². The van der Waals surface area contributed by atoms with Crippen LogP contribution in [0.3, 0.4) is 0 Å². The van der Waals surface area contributed by atoms with Crippen molar-refractivity contribution in [3.05, 3.63) is 29.1 Å². The molecule has 6 aliphatic rings. The molecule has 5 saturated carbocycles. The van der Waals surface area contributed by atoms with Crippen LogP contribution in [0.4, 0.5) is 4.39 Å². The Morgan fingerprint density at radius 2 is 1.74 bits per heavy atom. The summed E-state index contributed by atoms with van der Waals surface area (Å²) in [4.78, 5) is 12.9. The normalized spacial score (nSPS) is 35.1. The third-order valence-electron chi connectivity index (χ3n) is 8.95. The van der Waals surface area contributed by atoms with Crippen LogP contribution in [0.2, 0.25) is 0 Å². The summed E-state index contributed by atoms with van der Waals surface area (Å²) in [5, 5.41) is 9.64. The van der Waals surface area contributed by atoms with Crippen molar-refractivity contribution in [1.29, 1.82) is 0 Å². The zero-order chi connectivity index (χ0) is 23.7. The van der Waals surface area contributed by atoms with Crippen LogP contribution in [0.25, 0.3) is 0 Å². The fraction of sp³-hybridized carbons (Fsp3) is 0.731. The number of nitrogens with zero attached hydrogens (tertiary/aromatic N) is 1. The van der Waals surface area contributed by atoms with E-state index in [1.165, 1.54) is 44.6 Å². The molecule has 186 valence electrons. The van der Waals surface area contributed by atoms with Gasteiger partial charge in [-0.3, -0.25) is 4.79 Å². The van der Waals surface area contributed by atoms with E-state index in [2.05, 4.69) is 0 Å². The molecule has 0 amide bonds. The van der Waals surface area contributed by atoms with E-state index < -0.39 is 33.5 Å². The van der Waals surface area contributed by atoms with Crippen LogP contribution in [-0.2, 0) is 10.0 Å². The van der Waals surface area contributed by atoms with Crippen LogP contribution in [0, 0.1) is 29.0 Å². The first kappa shape index (κ1) is 22.9. The highest BCUT2D eigenvalue weighted by Crippen LogP contribution is 2.60. The minimum atomic E-state index is -3.90. The summed E-state index contributed by atoms with van der Waals surface area (Å²) in [6.07, 6.45) is 9.27. The minimum Gasteiger partial charge on any atom is -0.493 e. The number of Topliss-reactive ketones (excluding diaryl/α,β-unsaturated/α-hetero) is 1. The van der Waals surface area contributed by atoms with E-state index in [0.29, 0.717) is 18.8 Å². The monoisotopic (exact) mass is 491 g/mol. The predicted molar refractivity (Wildman–Crippen MR) is 125 cm³/mol. The van der Waals surface area contributed by atoms with Crippen molar-refractivity contribution in [3.8, 4) is 5.75 Å². The van der Waals surface area contributed by atoms with Crippen LogP contribution in [0.1, 0.15) is 79.6 Å². The molecule has 1 atom stereocenters. The van der Waals surface area contributed by atoms with Crippen LogP contribution in [0.15, 0.2) is 12.1 Å². The zero-order valence-corrected chi connectivity index (χ0v) is 20.4. The van der Waals surface area contributed by atoms with Crippen molar-refractivity contribution in [2.24, 2.45) is 23.2 Å². The van der Waals surface area contributed by atoms with Crippen LogP contribution < -0.4 is 4.74 Å². The molecular weight excluding hydrogens is 457 g/mol. The first-order valence-electron chi connectivity index (χ1n) is 12.8. The SMILES string of the molecule is O=C(CS(=O)(=O)N1CC[C@H](O)C1)c1cc(C2CC2)c(OCC23CC4CC(CC(C4)C2)C3)cc1F. The third kappa shape index (κ3) is 4.30. The second kappa shape index (κ2) is 8.27. The molecule has 0 aromatic heterocycles. The average molecular weight is 492 g/mol. The van der Waals surface area contributed by atoms with Gasteiger partial charge in [0.15, 0.2) is 5.78 Å². The van der Waals surface area contributed by atoms with Gasteiger partial charge in [0.05, 0.1) is 18.3 Å². The standard InChI is InChI=1S/C26H34FNO5S/c27-23-9-25(33-15-26-10-16-5-17(11-26)7-18(6-16)12-26)21(19-1-2-19)8-22(23)24(30)14-34(31,32)28-4-3-20(29)13-28/h8-9,16-20,29H,1-7,10-15H2/t16?,17?,18?,20-,26?/m0/s1. The molecule has 0 radical (unpaired) electrons. The largest absolute Gasteiger partial charge is 0.493 e. The molecule has 1 saturated heterocycles. The molecule has 1 aromatic rings. The topological polar surface area (TPSA) is 83.9 Å². The summed E-state index contributed by atoms with van der Waals surface area (Å²) < 4.78 is 47.8. The van der Waals surface area contributed by atoms with Crippen molar-refractivity contribution in [2.45, 2.75) is 69.8 Å². The average Bonchev–Trinajstić information content (AvgIpc) is 3.50. The number of ether oxygens (including phenoxy) is 1. The van der Waals surface area contributed by atoms with Gasteiger partial charge in [-0.15, -0.1) is 0 Å². The fourth-order valence-corrected chi connectivity index (χ4v) is 9.07. The van der Waals surface area contributed by atoms with Crippen molar-refractivity contribution in [1.82, 2.24) is 4.31 Å². The molecule has 0 unspecified atom stereocenters. The molecule has 5 aliphatic carbocycles. The van der Waals surface area contributed by atoms with Crippen molar-refractivity contribution >= 4 is 15.8 Å². The highest BCUT2D eigenvalue weighted by atomic mass is 32.2. The molecule has 1 aliphatic heterocycles. The second-order valence-corrected chi connectivity index (χ2v) is 13.8. The van der Waals surface area contributed by atoms with Gasteiger partial charge >= 0.3 is 0 Å². The lowest BCUT2D eigenvalue weighted by Crippen LogP contribution is -2.48. The van der Waals surface area contributed by atoms with Gasteiger partial charge in [0.2, 0.25) is 10.0 Å². The van der Waals surface area contributed by atoms with Gasteiger partial charge in [0.1, 0.15) is 17.3 Å². The fourth-order valence-electron chi connectivity index (χ4n) is 7.62. The van der Waals surface area contributed by atoms with E-state index in [-0.39, 0.29) is 30.0 Å². The van der Waals surface area contributed by atoms with E-state index >= 15 is 4.39 Å². The van der Waals surface area contributed by atoms with Gasteiger partial charge in [-0.25, -0.2) is 12.8 Å². The molecule has 8 heteroatoms. The number of aliphatic hydroxyl groups is 1. The van der Waals surface area contributed by atoms with Crippen LogP contribution >= 0.6 is 0 Å². The number of β-amino-alcohol motifs (C(OH)–C–C–N with tert-alkyl or cyclic N) is 1. The molecule has 34 heavy (non-hydrogen) atoms. The van der Waals surface area contributed by atoms with Crippen LogP contribution in [0.5, 0.6) is 5.75 Å². The summed E-state index contributed by atoms with van der Waals surface area (Å²) >= 11 is 0. The third-order valence-corrected chi connectivity index (χ3v) is 10.7. The molecule has 1 aromatic carbocycles. The van der Waals surface area contributed by atoms with Crippen molar-refractivity contribution in [3.63, 3.8) is 0 Å². The highest BCUT2D eigenvalue weighted by molar-refractivity contribution is 7.89. The lowest BCUT2D eigenvalue weighted by atomic mass is 9.50. The maximum atomic E-state index is 15.1. The number of hydrogen-bond donors (Lipinski definition) is 1. The Bertz CT molecular complexity index is 1060. The molecule has 7 rings (SSSR count). The predicted octanol–water partition coefficient (Wildman–Crippen LogP) is 3.88. The lowest BCUT2D eigenvalue weighted by molar-refractivity contribution is -0.0747. The van der Waals surface area contributed by atoms with Gasteiger partial charge < -0.3 is 9.84 Å². The number of halogens is 1. The van der Waals surface area contributed by atoms with E-state index in [1.807, 2.05) is 0 Å². The molecule has 0 spiro atoms. The number of hydrogen-bond acceptors (Lipinski definition) is 5. The van der Waals surface area contributed by atoms with E-state index in [0.717, 1.165) is 40.5 Å². The smallest absolute Gasteiger partial charge is 0.221 e.